The maximum atomic E-state index is 8.97. The maximum absolute atomic E-state index is 8.97. The van der Waals surface area contributed by atoms with E-state index in [2.05, 4.69) is 21.3 Å². The van der Waals surface area contributed by atoms with Gasteiger partial charge in [-0.2, -0.15) is 5.26 Å². The van der Waals surface area contributed by atoms with E-state index in [-0.39, 0.29) is 0 Å². The number of nitrogens with zero attached hydrogens (tertiary/aromatic N) is 4. The molecule has 0 atom stereocenters. The van der Waals surface area contributed by atoms with Crippen molar-refractivity contribution in [3.05, 3.63) is 57.5 Å². The molecule has 0 amide bonds. The van der Waals surface area contributed by atoms with E-state index >= 15 is 0 Å². The van der Waals surface area contributed by atoms with Gasteiger partial charge in [0.15, 0.2) is 0 Å². The first-order valence-electron chi connectivity index (χ1n) is 9.09. The highest BCUT2D eigenvalue weighted by Gasteiger charge is 2.25. The second kappa shape index (κ2) is 8.17. The Labute approximate surface area is 173 Å². The Morgan fingerprint density at radius 3 is 2.79 bits per heavy atom. The lowest BCUT2D eigenvalue weighted by atomic mass is 9.97. The molecule has 0 spiro atoms. The lowest BCUT2D eigenvalue weighted by Crippen LogP contribution is -2.33. The van der Waals surface area contributed by atoms with E-state index < -0.39 is 0 Å². The summed E-state index contributed by atoms with van der Waals surface area (Å²) in [6, 6.07) is 11.7. The summed E-state index contributed by atoms with van der Waals surface area (Å²) < 4.78 is 5.46. The molecule has 4 rings (SSSR count). The number of nitriles is 1. The maximum Gasteiger partial charge on any atom is 0.147 e. The van der Waals surface area contributed by atoms with E-state index in [4.69, 9.17) is 26.6 Å². The molecule has 1 aliphatic heterocycles. The SMILES string of the molecule is COc1ccccc1-c1csc(C2CCN(c3ncc(C#N)cc3Cl)CC2)n1. The van der Waals surface area contributed by atoms with E-state index in [1.165, 1.54) is 5.01 Å². The fraction of sp³-hybridized carbons (Fsp3) is 0.286. The molecule has 0 unspecified atom stereocenters. The van der Waals surface area contributed by atoms with Crippen LogP contribution in [0, 0.1) is 11.3 Å². The molecule has 0 bridgehead atoms. The molecule has 5 nitrogen and oxygen atoms in total. The van der Waals surface area contributed by atoms with E-state index in [0.29, 0.717) is 16.5 Å². The van der Waals surface area contributed by atoms with Crippen LogP contribution in [0.15, 0.2) is 41.9 Å². The number of anilines is 1. The molecular weight excluding hydrogens is 392 g/mol. The molecule has 7 heteroatoms. The molecule has 0 saturated carbocycles. The molecule has 2 aromatic heterocycles. The third-order valence-electron chi connectivity index (χ3n) is 5.00. The lowest BCUT2D eigenvalue weighted by Gasteiger charge is -2.32. The van der Waals surface area contributed by atoms with Gasteiger partial charge in [-0.3, -0.25) is 0 Å². The van der Waals surface area contributed by atoms with Crippen LogP contribution in [0.4, 0.5) is 5.82 Å². The average molecular weight is 411 g/mol. The van der Waals surface area contributed by atoms with Gasteiger partial charge < -0.3 is 9.64 Å². The van der Waals surface area contributed by atoms with Crippen LogP contribution in [0.3, 0.4) is 0 Å². The van der Waals surface area contributed by atoms with Gasteiger partial charge in [-0.15, -0.1) is 11.3 Å². The minimum absolute atomic E-state index is 0.432. The molecule has 1 fully saturated rings. The van der Waals surface area contributed by atoms with Crippen LogP contribution >= 0.6 is 22.9 Å². The fourth-order valence-corrected chi connectivity index (χ4v) is 4.79. The number of pyridine rings is 1. The quantitative estimate of drug-likeness (QED) is 0.597. The number of rotatable bonds is 4. The van der Waals surface area contributed by atoms with Crippen LogP contribution in [-0.4, -0.2) is 30.2 Å². The van der Waals surface area contributed by atoms with Crippen molar-refractivity contribution in [1.29, 1.82) is 5.26 Å². The predicted octanol–water partition coefficient (Wildman–Crippen LogP) is 5.12. The molecular formula is C21H19ClN4OS. The van der Waals surface area contributed by atoms with Crippen molar-refractivity contribution >= 4 is 28.8 Å². The Balaban J connectivity index is 1.46. The molecule has 1 aliphatic rings. The van der Waals surface area contributed by atoms with Gasteiger partial charge in [0.2, 0.25) is 0 Å². The summed E-state index contributed by atoms with van der Waals surface area (Å²) in [4.78, 5) is 11.5. The van der Waals surface area contributed by atoms with Crippen molar-refractivity contribution in [2.45, 2.75) is 18.8 Å². The first-order chi connectivity index (χ1) is 13.7. The van der Waals surface area contributed by atoms with Gasteiger partial charge in [0.05, 0.1) is 28.4 Å². The van der Waals surface area contributed by atoms with Crippen molar-refractivity contribution in [3.63, 3.8) is 0 Å². The Bertz CT molecular complexity index is 1020. The van der Waals surface area contributed by atoms with Crippen molar-refractivity contribution in [2.24, 2.45) is 0 Å². The second-order valence-corrected chi connectivity index (χ2v) is 7.97. The standard InChI is InChI=1S/C21H19ClN4OS/c1-27-19-5-3-2-4-16(19)18-13-28-21(25-18)15-6-8-26(9-7-15)20-17(22)10-14(11-23)12-24-20/h2-5,10,12-13,15H,6-9H2,1H3. The topological polar surface area (TPSA) is 62.0 Å². The first-order valence-corrected chi connectivity index (χ1v) is 10.3. The third-order valence-corrected chi connectivity index (χ3v) is 6.28. The van der Waals surface area contributed by atoms with Crippen LogP contribution in [0.25, 0.3) is 11.3 Å². The predicted molar refractivity (Wildman–Crippen MR) is 112 cm³/mol. The smallest absolute Gasteiger partial charge is 0.147 e. The van der Waals surface area contributed by atoms with Crippen LogP contribution in [0.1, 0.15) is 29.3 Å². The minimum atomic E-state index is 0.432. The van der Waals surface area contributed by atoms with E-state index in [9.17, 15) is 0 Å². The Morgan fingerprint density at radius 1 is 1.29 bits per heavy atom. The molecule has 1 aromatic carbocycles. The minimum Gasteiger partial charge on any atom is -0.496 e. The summed E-state index contributed by atoms with van der Waals surface area (Å²) in [6.07, 6.45) is 3.57. The molecule has 1 saturated heterocycles. The summed E-state index contributed by atoms with van der Waals surface area (Å²) in [5.74, 6) is 2.03. The monoisotopic (exact) mass is 410 g/mol. The zero-order valence-corrected chi connectivity index (χ0v) is 17.0. The molecule has 3 aromatic rings. The molecule has 3 heterocycles. The van der Waals surface area contributed by atoms with Gasteiger partial charge in [0, 0.05) is 36.1 Å². The Hall–Kier alpha value is -2.62. The normalized spacial score (nSPS) is 14.7. The van der Waals surface area contributed by atoms with E-state index in [1.807, 2.05) is 24.3 Å². The Kier molecular flexibility index (Phi) is 5.47. The Morgan fingerprint density at radius 2 is 2.07 bits per heavy atom. The number of piperidine rings is 1. The van der Waals surface area contributed by atoms with Crippen molar-refractivity contribution in [2.75, 3.05) is 25.1 Å². The van der Waals surface area contributed by atoms with Crippen LogP contribution in [-0.2, 0) is 0 Å². The molecule has 0 aliphatic carbocycles. The van der Waals surface area contributed by atoms with Crippen LogP contribution < -0.4 is 9.64 Å². The fourth-order valence-electron chi connectivity index (χ4n) is 3.52. The summed E-state index contributed by atoms with van der Waals surface area (Å²) in [7, 11) is 1.68. The summed E-state index contributed by atoms with van der Waals surface area (Å²) >= 11 is 8.03. The third kappa shape index (κ3) is 3.68. The zero-order chi connectivity index (χ0) is 19.5. The number of ether oxygens (including phenoxy) is 1. The number of benzene rings is 1. The number of hydrogen-bond donors (Lipinski definition) is 0. The molecule has 0 N–H and O–H groups in total. The summed E-state index contributed by atoms with van der Waals surface area (Å²) in [5.41, 5.74) is 2.48. The van der Waals surface area contributed by atoms with Crippen molar-refractivity contribution < 1.29 is 4.74 Å². The lowest BCUT2D eigenvalue weighted by molar-refractivity contribution is 0.416. The highest BCUT2D eigenvalue weighted by atomic mass is 35.5. The highest BCUT2D eigenvalue weighted by molar-refractivity contribution is 7.10. The molecule has 28 heavy (non-hydrogen) atoms. The van der Waals surface area contributed by atoms with Gasteiger partial charge in [-0.25, -0.2) is 9.97 Å². The van der Waals surface area contributed by atoms with E-state index in [0.717, 1.165) is 48.8 Å². The van der Waals surface area contributed by atoms with Gasteiger partial charge in [-0.05, 0) is 31.0 Å². The highest BCUT2D eigenvalue weighted by Crippen LogP contribution is 2.37. The number of methoxy groups -OCH3 is 1. The van der Waals surface area contributed by atoms with E-state index in [1.54, 1.807) is 30.7 Å². The van der Waals surface area contributed by atoms with Crippen molar-refractivity contribution in [1.82, 2.24) is 9.97 Å². The average Bonchev–Trinajstić information content (AvgIpc) is 3.24. The van der Waals surface area contributed by atoms with Crippen molar-refractivity contribution in [3.8, 4) is 23.1 Å². The van der Waals surface area contributed by atoms with Gasteiger partial charge in [-0.1, -0.05) is 23.7 Å². The number of thiazole rings is 1. The largest absolute Gasteiger partial charge is 0.496 e. The van der Waals surface area contributed by atoms with Gasteiger partial charge in [0.25, 0.3) is 0 Å². The number of aromatic nitrogens is 2. The summed E-state index contributed by atoms with van der Waals surface area (Å²) in [5, 5.41) is 12.8. The van der Waals surface area contributed by atoms with Gasteiger partial charge in [0.1, 0.15) is 17.6 Å². The number of halogens is 1. The van der Waals surface area contributed by atoms with Crippen LogP contribution in [0.5, 0.6) is 5.75 Å². The number of hydrogen-bond acceptors (Lipinski definition) is 6. The first kappa shape index (κ1) is 18.7. The molecule has 142 valence electrons. The van der Waals surface area contributed by atoms with Crippen LogP contribution in [0.2, 0.25) is 5.02 Å². The van der Waals surface area contributed by atoms with Gasteiger partial charge >= 0.3 is 0 Å². The number of para-hydroxylation sites is 1. The summed E-state index contributed by atoms with van der Waals surface area (Å²) in [6.45, 7) is 1.74. The second-order valence-electron chi connectivity index (χ2n) is 6.67. The zero-order valence-electron chi connectivity index (χ0n) is 15.4. The molecule has 0 radical (unpaired) electrons.